The van der Waals surface area contributed by atoms with E-state index in [1.807, 2.05) is 0 Å². The van der Waals surface area contributed by atoms with Gasteiger partial charge in [0.15, 0.2) is 0 Å². The van der Waals surface area contributed by atoms with E-state index in [1.54, 1.807) is 20.9 Å². The summed E-state index contributed by atoms with van der Waals surface area (Å²) in [4.78, 5) is 1.49. The molecule has 0 aromatic rings. The van der Waals surface area contributed by atoms with Crippen molar-refractivity contribution in [2.45, 2.75) is 19.4 Å². The van der Waals surface area contributed by atoms with Crippen LogP contribution in [0.25, 0.3) is 0 Å². The summed E-state index contributed by atoms with van der Waals surface area (Å²) in [5.74, 6) is -0.0101. The predicted molar refractivity (Wildman–Crippen MR) is 42.3 cm³/mol. The molecular formula is C6H15N3O2. The quantitative estimate of drug-likeness (QED) is 0.218. The van der Waals surface area contributed by atoms with Crippen LogP contribution in [0.3, 0.4) is 0 Å². The van der Waals surface area contributed by atoms with Crippen molar-refractivity contribution < 1.29 is 10.3 Å². The molecule has 66 valence electrons. The Morgan fingerprint density at radius 3 is 2.36 bits per heavy atom. The van der Waals surface area contributed by atoms with E-state index in [4.69, 9.17) is 16.0 Å². The molecule has 0 aromatic carbocycles. The van der Waals surface area contributed by atoms with Crippen LogP contribution in [0.15, 0.2) is 5.16 Å². The second kappa shape index (κ2) is 3.43. The maximum absolute atomic E-state index is 8.88. The average molecular weight is 161 g/mol. The molecule has 11 heavy (non-hydrogen) atoms. The second-order valence-electron chi connectivity index (χ2n) is 2.99. The number of guanidine groups is 1. The Hall–Kier alpha value is -0.970. The first kappa shape index (κ1) is 10.0. The standard InChI is InChI=1S/C6H15N3O2/c1-6(2,4-10)9(3)5(7)8-11/h10-11H,4H2,1-3H3,(H2,7,8). The lowest BCUT2D eigenvalue weighted by Crippen LogP contribution is -2.50. The Morgan fingerprint density at radius 1 is 1.64 bits per heavy atom. The third kappa shape index (κ3) is 2.27. The molecule has 4 N–H and O–H groups in total. The molecule has 5 nitrogen and oxygen atoms in total. The van der Waals surface area contributed by atoms with Crippen LogP contribution >= 0.6 is 0 Å². The van der Waals surface area contributed by atoms with Crippen molar-refractivity contribution in [1.82, 2.24) is 4.90 Å². The number of hydrogen-bond donors (Lipinski definition) is 3. The molecule has 5 heteroatoms. The third-order valence-electron chi connectivity index (χ3n) is 1.74. The SMILES string of the molecule is CN(C(N)=NO)C(C)(C)CO. The van der Waals surface area contributed by atoms with Crippen LogP contribution in [0.4, 0.5) is 0 Å². The summed E-state index contributed by atoms with van der Waals surface area (Å²) >= 11 is 0. The van der Waals surface area contributed by atoms with Gasteiger partial charge in [0.25, 0.3) is 0 Å². The molecule has 0 rings (SSSR count). The van der Waals surface area contributed by atoms with Gasteiger partial charge in [-0.1, -0.05) is 5.16 Å². The van der Waals surface area contributed by atoms with Gasteiger partial charge in [-0.05, 0) is 13.8 Å². The van der Waals surface area contributed by atoms with Crippen molar-refractivity contribution in [3.8, 4) is 0 Å². The van der Waals surface area contributed by atoms with Gasteiger partial charge in [-0.25, -0.2) is 0 Å². The van der Waals surface area contributed by atoms with E-state index in [-0.39, 0.29) is 12.6 Å². The molecule has 0 fully saturated rings. The molecule has 0 aliphatic rings. The van der Waals surface area contributed by atoms with Crippen LogP contribution in [-0.2, 0) is 0 Å². The summed E-state index contributed by atoms with van der Waals surface area (Å²) in [5, 5.41) is 20.0. The monoisotopic (exact) mass is 161 g/mol. The molecule has 0 unspecified atom stereocenters. The number of nitrogens with two attached hydrogens (primary N) is 1. The van der Waals surface area contributed by atoms with Crippen molar-refractivity contribution in [2.75, 3.05) is 13.7 Å². The Bertz CT molecular complexity index is 156. The fourth-order valence-electron chi connectivity index (χ4n) is 0.483. The van der Waals surface area contributed by atoms with Gasteiger partial charge in [-0.3, -0.25) is 0 Å². The first-order valence-corrected chi connectivity index (χ1v) is 3.28. The average Bonchev–Trinajstić information content (AvgIpc) is 2.01. The van der Waals surface area contributed by atoms with Gasteiger partial charge >= 0.3 is 0 Å². The number of aliphatic hydroxyl groups is 1. The zero-order valence-electron chi connectivity index (χ0n) is 7.07. The van der Waals surface area contributed by atoms with Gasteiger partial charge in [0.2, 0.25) is 5.96 Å². The Kier molecular flexibility index (Phi) is 3.13. The molecule has 0 aliphatic heterocycles. The van der Waals surface area contributed by atoms with Crippen LogP contribution in [0, 0.1) is 0 Å². The number of likely N-dealkylation sites (N-methyl/N-ethyl adjacent to an activating group) is 1. The smallest absolute Gasteiger partial charge is 0.233 e. The minimum atomic E-state index is -0.504. The number of aliphatic hydroxyl groups excluding tert-OH is 1. The first-order valence-electron chi connectivity index (χ1n) is 3.28. The van der Waals surface area contributed by atoms with E-state index in [1.165, 1.54) is 4.90 Å². The molecule has 0 aliphatic carbocycles. The molecule has 0 radical (unpaired) electrons. The van der Waals surface area contributed by atoms with E-state index < -0.39 is 5.54 Å². The van der Waals surface area contributed by atoms with E-state index in [0.29, 0.717) is 0 Å². The second-order valence-corrected chi connectivity index (χ2v) is 2.99. The number of oxime groups is 1. The fourth-order valence-corrected chi connectivity index (χ4v) is 0.483. The number of nitrogens with zero attached hydrogens (tertiary/aromatic N) is 2. The topological polar surface area (TPSA) is 82.1 Å². The van der Waals surface area contributed by atoms with E-state index >= 15 is 0 Å². The van der Waals surface area contributed by atoms with Crippen molar-refractivity contribution in [3.63, 3.8) is 0 Å². The van der Waals surface area contributed by atoms with Crippen LogP contribution in [0.1, 0.15) is 13.8 Å². The highest BCUT2D eigenvalue weighted by molar-refractivity contribution is 5.77. The van der Waals surface area contributed by atoms with E-state index in [9.17, 15) is 0 Å². The highest BCUT2D eigenvalue weighted by Gasteiger charge is 2.23. The lowest BCUT2D eigenvalue weighted by atomic mass is 10.1. The third-order valence-corrected chi connectivity index (χ3v) is 1.74. The minimum Gasteiger partial charge on any atom is -0.408 e. The normalized spacial score (nSPS) is 13.3. The first-order chi connectivity index (χ1) is 4.95. The van der Waals surface area contributed by atoms with Crippen molar-refractivity contribution in [3.05, 3.63) is 0 Å². The van der Waals surface area contributed by atoms with Crippen molar-refractivity contribution in [1.29, 1.82) is 0 Å². The van der Waals surface area contributed by atoms with Crippen molar-refractivity contribution in [2.24, 2.45) is 10.9 Å². The Labute approximate surface area is 66.1 Å². The lowest BCUT2D eigenvalue weighted by Gasteiger charge is -2.33. The van der Waals surface area contributed by atoms with Gasteiger partial charge in [-0.15, -0.1) is 0 Å². The summed E-state index contributed by atoms with van der Waals surface area (Å²) in [6.07, 6.45) is 0. The van der Waals surface area contributed by atoms with Crippen molar-refractivity contribution >= 4 is 5.96 Å². The summed E-state index contributed by atoms with van der Waals surface area (Å²) < 4.78 is 0. The molecule has 0 heterocycles. The fraction of sp³-hybridized carbons (Fsp3) is 0.833. The van der Waals surface area contributed by atoms with Gasteiger partial charge < -0.3 is 20.9 Å². The van der Waals surface area contributed by atoms with E-state index in [0.717, 1.165) is 0 Å². The number of hydrogen-bond acceptors (Lipinski definition) is 3. The maximum atomic E-state index is 8.88. The van der Waals surface area contributed by atoms with Gasteiger partial charge in [-0.2, -0.15) is 0 Å². The summed E-state index contributed by atoms with van der Waals surface area (Å²) in [7, 11) is 1.64. The zero-order valence-corrected chi connectivity index (χ0v) is 7.07. The minimum absolute atomic E-state index is 0.0101. The highest BCUT2D eigenvalue weighted by Crippen LogP contribution is 2.09. The van der Waals surface area contributed by atoms with Crippen LogP contribution in [0.5, 0.6) is 0 Å². The summed E-state index contributed by atoms with van der Waals surface area (Å²) in [6, 6.07) is 0. The molecule has 0 bridgehead atoms. The largest absolute Gasteiger partial charge is 0.408 e. The lowest BCUT2D eigenvalue weighted by molar-refractivity contribution is 0.125. The van der Waals surface area contributed by atoms with Gasteiger partial charge in [0, 0.05) is 7.05 Å². The molecule has 0 saturated carbocycles. The molecule has 0 atom stereocenters. The molecular weight excluding hydrogens is 146 g/mol. The molecule has 0 aromatic heterocycles. The summed E-state index contributed by atoms with van der Waals surface area (Å²) in [5.41, 5.74) is 4.79. The Balaban J connectivity index is 4.35. The zero-order chi connectivity index (χ0) is 9.07. The maximum Gasteiger partial charge on any atom is 0.233 e. The molecule has 0 amide bonds. The van der Waals surface area contributed by atoms with Crippen LogP contribution in [0.2, 0.25) is 0 Å². The Morgan fingerprint density at radius 2 is 2.09 bits per heavy atom. The highest BCUT2D eigenvalue weighted by atomic mass is 16.4. The molecule has 0 saturated heterocycles. The van der Waals surface area contributed by atoms with Crippen LogP contribution in [-0.4, -0.2) is 40.4 Å². The molecule has 0 spiro atoms. The summed E-state index contributed by atoms with van der Waals surface area (Å²) in [6.45, 7) is 3.51. The number of rotatable bonds is 2. The predicted octanol–water partition coefficient (Wildman–Crippen LogP) is -0.607. The van der Waals surface area contributed by atoms with Crippen LogP contribution < -0.4 is 5.73 Å². The van der Waals surface area contributed by atoms with Gasteiger partial charge in [0.1, 0.15) is 0 Å². The van der Waals surface area contributed by atoms with Gasteiger partial charge in [0.05, 0.1) is 12.1 Å². The van der Waals surface area contributed by atoms with E-state index in [2.05, 4.69) is 5.16 Å².